The van der Waals surface area contributed by atoms with Crippen LogP contribution in [0.3, 0.4) is 0 Å². The van der Waals surface area contributed by atoms with Gasteiger partial charge in [-0.3, -0.25) is 4.79 Å². The number of nitrogens with one attached hydrogen (secondary N) is 1. The number of carbonyl (C=O) groups is 1. The van der Waals surface area contributed by atoms with Crippen molar-refractivity contribution in [2.24, 2.45) is 0 Å². The van der Waals surface area contributed by atoms with Gasteiger partial charge in [-0.15, -0.1) is 0 Å². The second-order valence-corrected chi connectivity index (χ2v) is 4.44. The summed E-state index contributed by atoms with van der Waals surface area (Å²) in [6.07, 6.45) is 0. The Balaban J connectivity index is 2.64. The van der Waals surface area contributed by atoms with E-state index in [-0.39, 0.29) is 5.91 Å². The van der Waals surface area contributed by atoms with Crippen LogP contribution in [-0.2, 0) is 0 Å². The Bertz CT molecular complexity index is 383. The van der Waals surface area contributed by atoms with Gasteiger partial charge >= 0.3 is 0 Å². The number of nitrogens with zero attached hydrogens (tertiary/aromatic N) is 2. The third-order valence-electron chi connectivity index (χ3n) is 2.67. The van der Waals surface area contributed by atoms with E-state index in [1.165, 1.54) is 0 Å². The van der Waals surface area contributed by atoms with E-state index < -0.39 is 0 Å². The third-order valence-corrected chi connectivity index (χ3v) is 2.67. The summed E-state index contributed by atoms with van der Waals surface area (Å²) in [5.74, 6) is 0.256. The molecule has 1 aromatic heterocycles. The van der Waals surface area contributed by atoms with Gasteiger partial charge in [0, 0.05) is 23.8 Å². The summed E-state index contributed by atoms with van der Waals surface area (Å²) < 4.78 is 0. The minimum Gasteiger partial charge on any atom is -0.384 e. The van der Waals surface area contributed by atoms with E-state index in [4.69, 9.17) is 5.73 Å². The summed E-state index contributed by atoms with van der Waals surface area (Å²) in [5, 5.41) is 2.87. The van der Waals surface area contributed by atoms with Crippen molar-refractivity contribution in [3.05, 3.63) is 23.4 Å². The largest absolute Gasteiger partial charge is 0.384 e. The smallest absolute Gasteiger partial charge is 0.251 e. The monoisotopic (exact) mass is 236 g/mol. The van der Waals surface area contributed by atoms with Crippen LogP contribution in [0, 0.1) is 6.92 Å². The zero-order valence-electron chi connectivity index (χ0n) is 10.8. The first-order valence-electron chi connectivity index (χ1n) is 5.59. The Morgan fingerprint density at radius 2 is 2.18 bits per heavy atom. The summed E-state index contributed by atoms with van der Waals surface area (Å²) in [4.78, 5) is 17.9. The number of amides is 1. The number of nitrogens with two attached hydrogens (primary N) is 1. The Labute approximate surface area is 102 Å². The molecule has 3 N–H and O–H groups in total. The quantitative estimate of drug-likeness (QED) is 0.805. The molecular weight excluding hydrogens is 216 g/mol. The molecule has 0 bridgehead atoms. The number of hydrogen-bond donors (Lipinski definition) is 2. The number of nitrogen functional groups attached to an aromatic ring is 1. The van der Waals surface area contributed by atoms with E-state index in [1.807, 2.05) is 32.8 Å². The van der Waals surface area contributed by atoms with E-state index in [0.717, 1.165) is 5.69 Å². The van der Waals surface area contributed by atoms with Gasteiger partial charge in [0.15, 0.2) is 0 Å². The fraction of sp³-hybridized carbons (Fsp3) is 0.500. The van der Waals surface area contributed by atoms with Gasteiger partial charge in [-0.2, -0.15) is 0 Å². The van der Waals surface area contributed by atoms with Crippen LogP contribution in [0.5, 0.6) is 0 Å². The molecule has 1 rings (SSSR count). The first kappa shape index (κ1) is 13.4. The van der Waals surface area contributed by atoms with Gasteiger partial charge in [0.05, 0.1) is 0 Å². The standard InChI is InChI=1S/C12H20N4O/c1-8-5-10(6-11(13)15-8)12(17)14-7-9(2)16(3)4/h5-6,9H,7H2,1-4H3,(H2,13,15)(H,14,17). The maximum Gasteiger partial charge on any atom is 0.251 e. The molecule has 5 heteroatoms. The normalized spacial score (nSPS) is 12.5. The van der Waals surface area contributed by atoms with E-state index in [2.05, 4.69) is 10.3 Å². The summed E-state index contributed by atoms with van der Waals surface area (Å²) in [5.41, 5.74) is 6.90. The molecule has 0 fully saturated rings. The van der Waals surface area contributed by atoms with Crippen LogP contribution in [0.15, 0.2) is 12.1 Å². The van der Waals surface area contributed by atoms with Crippen LogP contribution in [0.1, 0.15) is 23.0 Å². The molecule has 5 nitrogen and oxygen atoms in total. The zero-order chi connectivity index (χ0) is 13.0. The number of anilines is 1. The lowest BCUT2D eigenvalue weighted by molar-refractivity contribution is 0.0943. The zero-order valence-corrected chi connectivity index (χ0v) is 10.8. The van der Waals surface area contributed by atoms with Crippen LogP contribution in [0.4, 0.5) is 5.82 Å². The van der Waals surface area contributed by atoms with E-state index >= 15 is 0 Å². The molecule has 0 saturated carbocycles. The number of rotatable bonds is 4. The average Bonchev–Trinajstić information content (AvgIpc) is 2.23. The van der Waals surface area contributed by atoms with Crippen molar-refractivity contribution >= 4 is 11.7 Å². The highest BCUT2D eigenvalue weighted by Crippen LogP contribution is 2.06. The highest BCUT2D eigenvalue weighted by molar-refractivity contribution is 5.94. The summed E-state index contributed by atoms with van der Waals surface area (Å²) >= 11 is 0. The summed E-state index contributed by atoms with van der Waals surface area (Å²) in [6.45, 7) is 4.47. The maximum absolute atomic E-state index is 11.9. The van der Waals surface area contributed by atoms with Gasteiger partial charge in [0.2, 0.25) is 0 Å². The van der Waals surface area contributed by atoms with Gasteiger partial charge in [0.1, 0.15) is 5.82 Å². The highest BCUT2D eigenvalue weighted by Gasteiger charge is 2.10. The molecule has 0 spiro atoms. The maximum atomic E-state index is 11.9. The van der Waals surface area contributed by atoms with Crippen LogP contribution >= 0.6 is 0 Å². The fourth-order valence-electron chi connectivity index (χ4n) is 1.35. The summed E-state index contributed by atoms with van der Waals surface area (Å²) in [6, 6.07) is 3.61. The number of hydrogen-bond acceptors (Lipinski definition) is 4. The first-order chi connectivity index (χ1) is 7.90. The molecule has 0 aromatic carbocycles. The van der Waals surface area contributed by atoms with Crippen LogP contribution in [-0.4, -0.2) is 42.5 Å². The number of aryl methyl sites for hydroxylation is 1. The second kappa shape index (κ2) is 5.63. The molecule has 94 valence electrons. The third kappa shape index (κ3) is 4.03. The van der Waals surface area contributed by atoms with Gasteiger partial charge in [0.25, 0.3) is 5.91 Å². The van der Waals surface area contributed by atoms with Crippen molar-refractivity contribution in [2.75, 3.05) is 26.4 Å². The first-order valence-corrected chi connectivity index (χ1v) is 5.59. The van der Waals surface area contributed by atoms with Crippen LogP contribution in [0.25, 0.3) is 0 Å². The molecule has 1 heterocycles. The Morgan fingerprint density at radius 3 is 2.71 bits per heavy atom. The van der Waals surface area contributed by atoms with Gasteiger partial charge < -0.3 is 16.0 Å². The lowest BCUT2D eigenvalue weighted by atomic mass is 10.2. The molecule has 0 saturated heterocycles. The molecule has 0 aliphatic heterocycles. The van der Waals surface area contributed by atoms with Crippen molar-refractivity contribution in [2.45, 2.75) is 19.9 Å². The minimum absolute atomic E-state index is 0.115. The van der Waals surface area contributed by atoms with Crippen molar-refractivity contribution in [3.8, 4) is 0 Å². The van der Waals surface area contributed by atoms with Gasteiger partial charge in [-0.25, -0.2) is 4.98 Å². The van der Waals surface area contributed by atoms with Gasteiger partial charge in [-0.05, 0) is 40.1 Å². The van der Waals surface area contributed by atoms with Crippen LogP contribution < -0.4 is 11.1 Å². The minimum atomic E-state index is -0.115. The number of carbonyl (C=O) groups excluding carboxylic acids is 1. The molecule has 0 aliphatic rings. The van der Waals surface area contributed by atoms with E-state index in [0.29, 0.717) is 24.0 Å². The topological polar surface area (TPSA) is 71.2 Å². The number of pyridine rings is 1. The van der Waals surface area contributed by atoms with Crippen molar-refractivity contribution in [3.63, 3.8) is 0 Å². The van der Waals surface area contributed by atoms with Crippen molar-refractivity contribution in [1.82, 2.24) is 15.2 Å². The number of likely N-dealkylation sites (N-methyl/N-ethyl adjacent to an activating group) is 1. The molecular formula is C12H20N4O. The van der Waals surface area contributed by atoms with Crippen molar-refractivity contribution < 1.29 is 4.79 Å². The van der Waals surface area contributed by atoms with Gasteiger partial charge in [-0.1, -0.05) is 0 Å². The Hall–Kier alpha value is -1.62. The lowest BCUT2D eigenvalue weighted by Gasteiger charge is -2.20. The van der Waals surface area contributed by atoms with Crippen LogP contribution in [0.2, 0.25) is 0 Å². The second-order valence-electron chi connectivity index (χ2n) is 4.44. The Kier molecular flexibility index (Phi) is 4.45. The van der Waals surface area contributed by atoms with Crippen molar-refractivity contribution in [1.29, 1.82) is 0 Å². The molecule has 1 amide bonds. The molecule has 17 heavy (non-hydrogen) atoms. The lowest BCUT2D eigenvalue weighted by Crippen LogP contribution is -2.38. The average molecular weight is 236 g/mol. The fourth-order valence-corrected chi connectivity index (χ4v) is 1.35. The molecule has 1 atom stereocenters. The predicted molar refractivity (Wildman–Crippen MR) is 68.9 cm³/mol. The van der Waals surface area contributed by atoms with E-state index in [9.17, 15) is 4.79 Å². The Morgan fingerprint density at radius 1 is 1.53 bits per heavy atom. The molecule has 0 radical (unpaired) electrons. The molecule has 1 aromatic rings. The molecule has 1 unspecified atom stereocenters. The van der Waals surface area contributed by atoms with E-state index in [1.54, 1.807) is 12.1 Å². The predicted octanol–water partition coefficient (Wildman–Crippen LogP) is 0.652. The highest BCUT2D eigenvalue weighted by atomic mass is 16.1. The SMILES string of the molecule is Cc1cc(C(=O)NCC(C)N(C)C)cc(N)n1. The number of aromatic nitrogens is 1. The summed E-state index contributed by atoms with van der Waals surface area (Å²) in [7, 11) is 3.96. The molecule has 0 aliphatic carbocycles.